The number of carbonyl (C=O) groups excluding carboxylic acids is 1. The second-order valence-electron chi connectivity index (χ2n) is 6.67. The lowest BCUT2D eigenvalue weighted by molar-refractivity contribution is 0.0506. The van der Waals surface area contributed by atoms with Gasteiger partial charge in [-0.05, 0) is 31.7 Å². The molecule has 3 rings (SSSR count). The van der Waals surface area contributed by atoms with Crippen LogP contribution in [-0.2, 0) is 17.8 Å². The van der Waals surface area contributed by atoms with Gasteiger partial charge in [-0.15, -0.1) is 0 Å². The van der Waals surface area contributed by atoms with Crippen molar-refractivity contribution in [2.24, 2.45) is 0 Å². The maximum atomic E-state index is 13.2. The molecule has 2 heterocycles. The second-order valence-corrected chi connectivity index (χ2v) is 6.67. The topological polar surface area (TPSA) is 47.4 Å². The van der Waals surface area contributed by atoms with Crippen LogP contribution >= 0.6 is 0 Å². The van der Waals surface area contributed by atoms with Gasteiger partial charge in [0.25, 0.3) is 5.91 Å². The summed E-state index contributed by atoms with van der Waals surface area (Å²) in [6.07, 6.45) is 4.94. The minimum atomic E-state index is 0.0409. The van der Waals surface area contributed by atoms with Crippen LogP contribution in [0.1, 0.15) is 47.8 Å². The van der Waals surface area contributed by atoms with Crippen molar-refractivity contribution in [3.63, 3.8) is 0 Å². The smallest absolute Gasteiger partial charge is 0.257 e. The van der Waals surface area contributed by atoms with E-state index in [-0.39, 0.29) is 12.0 Å². The number of aromatic nitrogens is 2. The van der Waals surface area contributed by atoms with Gasteiger partial charge < -0.3 is 9.64 Å². The van der Waals surface area contributed by atoms with Crippen LogP contribution in [-0.4, -0.2) is 39.8 Å². The summed E-state index contributed by atoms with van der Waals surface area (Å²) in [4.78, 5) is 15.1. The zero-order valence-corrected chi connectivity index (χ0v) is 15.1. The van der Waals surface area contributed by atoms with Gasteiger partial charge >= 0.3 is 0 Å². The first-order chi connectivity index (χ1) is 12.2. The first-order valence-electron chi connectivity index (χ1n) is 9.16. The molecule has 1 amide bonds. The number of benzene rings is 1. The van der Waals surface area contributed by atoms with E-state index in [9.17, 15) is 4.79 Å². The van der Waals surface area contributed by atoms with Crippen LogP contribution in [0.4, 0.5) is 0 Å². The lowest BCUT2D eigenvalue weighted by Crippen LogP contribution is -2.37. The number of rotatable bonds is 7. The van der Waals surface area contributed by atoms with Crippen LogP contribution in [0.25, 0.3) is 0 Å². The van der Waals surface area contributed by atoms with Gasteiger partial charge in [0.15, 0.2) is 0 Å². The highest BCUT2D eigenvalue weighted by Crippen LogP contribution is 2.19. The summed E-state index contributed by atoms with van der Waals surface area (Å²) in [6.45, 7) is 6.95. The number of hydrogen-bond acceptors (Lipinski definition) is 3. The Hall–Kier alpha value is -2.14. The van der Waals surface area contributed by atoms with E-state index in [1.165, 1.54) is 0 Å². The predicted molar refractivity (Wildman–Crippen MR) is 97.4 cm³/mol. The molecular formula is C20H27N3O2. The van der Waals surface area contributed by atoms with Crippen molar-refractivity contribution in [1.82, 2.24) is 14.7 Å². The Morgan fingerprint density at radius 3 is 2.84 bits per heavy atom. The lowest BCUT2D eigenvalue weighted by Gasteiger charge is -2.25. The molecule has 0 bridgehead atoms. The molecule has 1 aliphatic heterocycles. The molecule has 0 aliphatic carbocycles. The monoisotopic (exact) mass is 341 g/mol. The maximum Gasteiger partial charge on any atom is 0.257 e. The largest absolute Gasteiger partial charge is 0.376 e. The van der Waals surface area contributed by atoms with Crippen molar-refractivity contribution < 1.29 is 9.53 Å². The fourth-order valence-corrected chi connectivity index (χ4v) is 3.32. The van der Waals surface area contributed by atoms with Crippen LogP contribution in [0.5, 0.6) is 0 Å². The third kappa shape index (κ3) is 4.28. The summed E-state index contributed by atoms with van der Waals surface area (Å²) in [5, 5.41) is 4.39. The third-order valence-corrected chi connectivity index (χ3v) is 4.72. The number of nitrogens with zero attached hydrogens (tertiary/aromatic N) is 3. The van der Waals surface area contributed by atoms with Crippen molar-refractivity contribution in [3.05, 3.63) is 53.3 Å². The van der Waals surface area contributed by atoms with Crippen molar-refractivity contribution in [3.8, 4) is 0 Å². The molecule has 1 aromatic heterocycles. The van der Waals surface area contributed by atoms with Gasteiger partial charge in [0.2, 0.25) is 0 Å². The first kappa shape index (κ1) is 17.7. The fourth-order valence-electron chi connectivity index (χ4n) is 3.32. The second kappa shape index (κ2) is 8.30. The van der Waals surface area contributed by atoms with Gasteiger partial charge in [-0.1, -0.05) is 37.3 Å². The standard InChI is InChI=1S/C20H27N3O2/c1-3-11-23-16(2)19(13-21-23)20(24)22(15-18-10-7-12-25-18)14-17-8-5-4-6-9-17/h4-6,8-9,13,18H,3,7,10-12,14-15H2,1-2H3. The van der Waals surface area contributed by atoms with Crippen LogP contribution in [0.2, 0.25) is 0 Å². The quantitative estimate of drug-likeness (QED) is 0.775. The van der Waals surface area contributed by atoms with Gasteiger partial charge in [-0.25, -0.2) is 0 Å². The van der Waals surface area contributed by atoms with Gasteiger partial charge in [0.1, 0.15) is 0 Å². The SMILES string of the molecule is CCCn1ncc(C(=O)N(Cc2ccccc2)CC2CCCO2)c1C. The minimum Gasteiger partial charge on any atom is -0.376 e. The molecular weight excluding hydrogens is 314 g/mol. The Morgan fingerprint density at radius 1 is 1.36 bits per heavy atom. The van der Waals surface area contributed by atoms with Crippen LogP contribution in [0.15, 0.2) is 36.5 Å². The van der Waals surface area contributed by atoms with Crippen molar-refractivity contribution in [1.29, 1.82) is 0 Å². The number of carbonyl (C=O) groups is 1. The van der Waals surface area contributed by atoms with Crippen molar-refractivity contribution in [2.75, 3.05) is 13.2 Å². The average molecular weight is 341 g/mol. The lowest BCUT2D eigenvalue weighted by atomic mass is 10.1. The van der Waals surface area contributed by atoms with Gasteiger partial charge in [-0.3, -0.25) is 9.48 Å². The Balaban J connectivity index is 1.80. The molecule has 134 valence electrons. The number of aryl methyl sites for hydroxylation is 1. The molecule has 5 nitrogen and oxygen atoms in total. The molecule has 0 saturated carbocycles. The van der Waals surface area contributed by atoms with Crippen LogP contribution in [0.3, 0.4) is 0 Å². The molecule has 0 radical (unpaired) electrons. The molecule has 1 aliphatic rings. The van der Waals surface area contributed by atoms with E-state index in [0.29, 0.717) is 18.7 Å². The Morgan fingerprint density at radius 2 is 2.16 bits per heavy atom. The van der Waals surface area contributed by atoms with Crippen molar-refractivity contribution >= 4 is 5.91 Å². The number of amides is 1. The molecule has 1 atom stereocenters. The minimum absolute atomic E-state index is 0.0409. The Kier molecular flexibility index (Phi) is 5.87. The van der Waals surface area contributed by atoms with Crippen LogP contribution < -0.4 is 0 Å². The summed E-state index contributed by atoms with van der Waals surface area (Å²) < 4.78 is 7.68. The van der Waals surface area contributed by atoms with E-state index in [1.54, 1.807) is 6.20 Å². The van der Waals surface area contributed by atoms with E-state index in [4.69, 9.17) is 4.74 Å². The van der Waals surface area contributed by atoms with E-state index in [0.717, 1.165) is 43.7 Å². The zero-order valence-electron chi connectivity index (χ0n) is 15.1. The maximum absolute atomic E-state index is 13.2. The summed E-state index contributed by atoms with van der Waals surface area (Å²) in [5.41, 5.74) is 2.77. The predicted octanol–water partition coefficient (Wildman–Crippen LogP) is 3.42. The summed E-state index contributed by atoms with van der Waals surface area (Å²) in [7, 11) is 0. The molecule has 1 saturated heterocycles. The van der Waals surface area contributed by atoms with E-state index >= 15 is 0 Å². The highest BCUT2D eigenvalue weighted by Gasteiger charge is 2.25. The van der Waals surface area contributed by atoms with Gasteiger partial charge in [0, 0.05) is 31.9 Å². The molecule has 1 fully saturated rings. The molecule has 25 heavy (non-hydrogen) atoms. The molecule has 0 spiro atoms. The number of ether oxygens (including phenoxy) is 1. The average Bonchev–Trinajstić information content (AvgIpc) is 3.26. The van der Waals surface area contributed by atoms with E-state index in [2.05, 4.69) is 24.2 Å². The summed E-state index contributed by atoms with van der Waals surface area (Å²) >= 11 is 0. The first-order valence-corrected chi connectivity index (χ1v) is 9.16. The molecule has 2 aromatic rings. The van der Waals surface area contributed by atoms with Crippen molar-refractivity contribution in [2.45, 2.75) is 52.3 Å². The highest BCUT2D eigenvalue weighted by atomic mass is 16.5. The molecule has 1 unspecified atom stereocenters. The van der Waals surface area contributed by atoms with Gasteiger partial charge in [0.05, 0.1) is 17.9 Å². The molecule has 5 heteroatoms. The Bertz CT molecular complexity index is 690. The summed E-state index contributed by atoms with van der Waals surface area (Å²) in [5.74, 6) is 0.0409. The van der Waals surface area contributed by atoms with E-state index in [1.807, 2.05) is 34.7 Å². The normalized spacial score (nSPS) is 17.0. The fraction of sp³-hybridized carbons (Fsp3) is 0.500. The molecule has 0 N–H and O–H groups in total. The third-order valence-electron chi connectivity index (χ3n) is 4.72. The Labute approximate surface area is 149 Å². The van der Waals surface area contributed by atoms with Crippen LogP contribution in [0, 0.1) is 6.92 Å². The van der Waals surface area contributed by atoms with Gasteiger partial charge in [-0.2, -0.15) is 5.10 Å². The van der Waals surface area contributed by atoms with E-state index < -0.39 is 0 Å². The molecule has 1 aromatic carbocycles. The summed E-state index contributed by atoms with van der Waals surface area (Å²) in [6, 6.07) is 10.1. The highest BCUT2D eigenvalue weighted by molar-refractivity contribution is 5.95. The zero-order chi connectivity index (χ0) is 17.6. The number of hydrogen-bond donors (Lipinski definition) is 0.